The fourth-order valence-electron chi connectivity index (χ4n) is 4.01. The number of carbonyl (C=O) groups is 3. The molecule has 7 heteroatoms. The molecule has 5 rings (SSSR count). The highest BCUT2D eigenvalue weighted by atomic mass is 79.9. The van der Waals surface area contributed by atoms with Crippen LogP contribution in [0.1, 0.15) is 31.1 Å². The van der Waals surface area contributed by atoms with Crippen LogP contribution in [0.2, 0.25) is 0 Å². The van der Waals surface area contributed by atoms with E-state index in [1.54, 1.807) is 41.3 Å². The predicted molar refractivity (Wildman–Crippen MR) is 116 cm³/mol. The molecule has 0 bridgehead atoms. The molecule has 0 aliphatic carbocycles. The Morgan fingerprint density at radius 1 is 0.900 bits per heavy atom. The van der Waals surface area contributed by atoms with Crippen molar-refractivity contribution in [3.8, 4) is 0 Å². The second-order valence-electron chi connectivity index (χ2n) is 7.25. The molecule has 0 radical (unpaired) electrons. The Morgan fingerprint density at radius 2 is 1.60 bits per heavy atom. The number of hydrogen-bond acceptors (Lipinski definition) is 4. The maximum atomic E-state index is 13.2. The van der Waals surface area contributed by atoms with Crippen molar-refractivity contribution in [2.45, 2.75) is 0 Å². The van der Waals surface area contributed by atoms with E-state index in [4.69, 9.17) is 4.74 Å². The minimum Gasteiger partial charge on any atom is -0.378 e. The Morgan fingerprint density at radius 3 is 2.33 bits per heavy atom. The molecule has 150 valence electrons. The molecule has 2 aliphatic rings. The summed E-state index contributed by atoms with van der Waals surface area (Å²) in [4.78, 5) is 42.0. The van der Waals surface area contributed by atoms with Gasteiger partial charge in [-0.15, -0.1) is 0 Å². The van der Waals surface area contributed by atoms with E-state index >= 15 is 0 Å². The Hall–Kier alpha value is -3.03. The van der Waals surface area contributed by atoms with E-state index in [9.17, 15) is 14.4 Å². The van der Waals surface area contributed by atoms with Gasteiger partial charge in [0.1, 0.15) is 0 Å². The molecule has 1 saturated heterocycles. The lowest BCUT2D eigenvalue weighted by atomic mass is 9.93. The van der Waals surface area contributed by atoms with Gasteiger partial charge in [0.25, 0.3) is 17.7 Å². The van der Waals surface area contributed by atoms with E-state index in [1.165, 1.54) is 4.90 Å². The summed E-state index contributed by atoms with van der Waals surface area (Å²) in [5.41, 5.74) is 1.92. The van der Waals surface area contributed by atoms with Crippen LogP contribution in [0.3, 0.4) is 0 Å². The fraction of sp³-hybridized carbons (Fsp3) is 0.174. The average Bonchev–Trinajstić information content (AvgIpc) is 2.78. The number of carbonyl (C=O) groups excluding carboxylic acids is 3. The van der Waals surface area contributed by atoms with E-state index in [0.29, 0.717) is 54.1 Å². The molecule has 0 unspecified atom stereocenters. The Kier molecular flexibility index (Phi) is 4.64. The van der Waals surface area contributed by atoms with E-state index in [0.717, 1.165) is 9.86 Å². The first kappa shape index (κ1) is 19.0. The number of amides is 3. The maximum absolute atomic E-state index is 13.2. The number of benzene rings is 3. The predicted octanol–water partition coefficient (Wildman–Crippen LogP) is 3.88. The third-order valence-corrected chi connectivity index (χ3v) is 5.94. The smallest absolute Gasteiger partial charge is 0.266 e. The molecule has 30 heavy (non-hydrogen) atoms. The highest BCUT2D eigenvalue weighted by Crippen LogP contribution is 2.35. The number of hydrogen-bond donors (Lipinski definition) is 0. The van der Waals surface area contributed by atoms with Crippen LogP contribution < -0.4 is 4.90 Å². The minimum absolute atomic E-state index is 0.0832. The molecule has 3 amide bonds. The number of ether oxygens (including phenoxy) is 1. The van der Waals surface area contributed by atoms with Gasteiger partial charge in [0, 0.05) is 34.1 Å². The normalized spacial score (nSPS) is 16.3. The maximum Gasteiger partial charge on any atom is 0.266 e. The molecule has 1 fully saturated rings. The van der Waals surface area contributed by atoms with Crippen LogP contribution in [0, 0.1) is 0 Å². The molecular weight excluding hydrogens is 448 g/mol. The van der Waals surface area contributed by atoms with E-state index < -0.39 is 0 Å². The molecule has 0 saturated carbocycles. The third-order valence-electron chi connectivity index (χ3n) is 5.48. The molecule has 6 nitrogen and oxygen atoms in total. The highest BCUT2D eigenvalue weighted by molar-refractivity contribution is 9.10. The van der Waals surface area contributed by atoms with Gasteiger partial charge in [-0.1, -0.05) is 28.1 Å². The summed E-state index contributed by atoms with van der Waals surface area (Å²) in [5.74, 6) is -0.829. The second-order valence-corrected chi connectivity index (χ2v) is 8.17. The zero-order chi connectivity index (χ0) is 20.8. The van der Waals surface area contributed by atoms with Gasteiger partial charge in [-0.05, 0) is 47.9 Å². The summed E-state index contributed by atoms with van der Waals surface area (Å²) in [6, 6.07) is 15.7. The lowest BCUT2D eigenvalue weighted by Gasteiger charge is -2.28. The first-order valence-corrected chi connectivity index (χ1v) is 10.4. The van der Waals surface area contributed by atoms with Crippen molar-refractivity contribution in [3.63, 3.8) is 0 Å². The van der Waals surface area contributed by atoms with Gasteiger partial charge >= 0.3 is 0 Å². The summed E-state index contributed by atoms with van der Waals surface area (Å²) in [6.07, 6.45) is 0. The molecule has 0 aromatic heterocycles. The minimum atomic E-state index is -0.378. The summed E-state index contributed by atoms with van der Waals surface area (Å²) in [7, 11) is 0. The zero-order valence-corrected chi connectivity index (χ0v) is 17.5. The van der Waals surface area contributed by atoms with Crippen LogP contribution in [0.15, 0.2) is 59.1 Å². The highest BCUT2D eigenvalue weighted by Gasteiger charge is 2.34. The summed E-state index contributed by atoms with van der Waals surface area (Å²) in [5, 5.41) is 1.51. The molecule has 0 atom stereocenters. The first-order valence-electron chi connectivity index (χ1n) is 9.63. The van der Waals surface area contributed by atoms with Crippen molar-refractivity contribution >= 4 is 50.1 Å². The van der Waals surface area contributed by atoms with Crippen LogP contribution in [0.25, 0.3) is 10.8 Å². The zero-order valence-electron chi connectivity index (χ0n) is 15.9. The first-order chi connectivity index (χ1) is 14.5. The average molecular weight is 465 g/mol. The second kappa shape index (κ2) is 7.34. The van der Waals surface area contributed by atoms with Crippen LogP contribution in [-0.4, -0.2) is 48.9 Å². The lowest BCUT2D eigenvalue weighted by Crippen LogP contribution is -2.41. The molecule has 2 aliphatic heterocycles. The molecule has 3 aromatic carbocycles. The Bertz CT molecular complexity index is 1200. The summed E-state index contributed by atoms with van der Waals surface area (Å²) in [6.45, 7) is 2.17. The number of imide groups is 1. The number of anilines is 1. The van der Waals surface area contributed by atoms with Gasteiger partial charge in [-0.2, -0.15) is 0 Å². The number of nitrogens with zero attached hydrogens (tertiary/aromatic N) is 2. The SMILES string of the molecule is O=C(c1ccc(N2C(=O)c3cccc4cc(Br)cc(c34)C2=O)cc1)N1CCOCC1. The van der Waals surface area contributed by atoms with Gasteiger partial charge in [0.15, 0.2) is 0 Å². The standard InChI is InChI=1S/C23H17BrN2O4/c24-16-12-15-2-1-3-18-20(15)19(13-16)23(29)26(22(18)28)17-6-4-14(5-7-17)21(27)25-8-10-30-11-9-25/h1-7,12-13H,8-11H2. The van der Waals surface area contributed by atoms with Gasteiger partial charge in [-0.25, -0.2) is 4.90 Å². The third kappa shape index (κ3) is 3.02. The van der Waals surface area contributed by atoms with Crippen LogP contribution >= 0.6 is 15.9 Å². The summed E-state index contributed by atoms with van der Waals surface area (Å²) < 4.78 is 6.06. The fourth-order valence-corrected chi connectivity index (χ4v) is 4.48. The monoisotopic (exact) mass is 464 g/mol. The van der Waals surface area contributed by atoms with Gasteiger partial charge in [0.05, 0.1) is 24.5 Å². The van der Waals surface area contributed by atoms with Crippen LogP contribution in [0.4, 0.5) is 5.69 Å². The largest absolute Gasteiger partial charge is 0.378 e. The Balaban J connectivity index is 1.51. The molecule has 0 spiro atoms. The summed E-state index contributed by atoms with van der Waals surface area (Å²) >= 11 is 3.45. The van der Waals surface area contributed by atoms with Crippen molar-refractivity contribution in [1.29, 1.82) is 0 Å². The Labute approximate surface area is 181 Å². The molecular formula is C23H17BrN2O4. The van der Waals surface area contributed by atoms with Crippen molar-refractivity contribution in [2.24, 2.45) is 0 Å². The van der Waals surface area contributed by atoms with E-state index in [1.807, 2.05) is 18.2 Å². The van der Waals surface area contributed by atoms with Crippen molar-refractivity contribution in [3.05, 3.63) is 75.8 Å². The van der Waals surface area contributed by atoms with Gasteiger partial charge in [0.2, 0.25) is 0 Å². The van der Waals surface area contributed by atoms with Crippen molar-refractivity contribution in [1.82, 2.24) is 4.90 Å². The van der Waals surface area contributed by atoms with Crippen LogP contribution in [0.5, 0.6) is 0 Å². The van der Waals surface area contributed by atoms with Crippen molar-refractivity contribution < 1.29 is 19.1 Å². The number of morpholine rings is 1. The van der Waals surface area contributed by atoms with Crippen LogP contribution in [-0.2, 0) is 4.74 Å². The number of halogens is 1. The topological polar surface area (TPSA) is 66.9 Å². The van der Waals surface area contributed by atoms with Crippen molar-refractivity contribution in [2.75, 3.05) is 31.2 Å². The molecule has 2 heterocycles. The van der Waals surface area contributed by atoms with Gasteiger partial charge < -0.3 is 9.64 Å². The lowest BCUT2D eigenvalue weighted by molar-refractivity contribution is 0.0303. The molecule has 0 N–H and O–H groups in total. The van der Waals surface area contributed by atoms with E-state index in [-0.39, 0.29) is 17.7 Å². The van der Waals surface area contributed by atoms with E-state index in [2.05, 4.69) is 15.9 Å². The number of rotatable bonds is 2. The van der Waals surface area contributed by atoms with Gasteiger partial charge in [-0.3, -0.25) is 14.4 Å². The molecule has 3 aromatic rings. The quantitative estimate of drug-likeness (QED) is 0.539.